The van der Waals surface area contributed by atoms with E-state index >= 15 is 0 Å². The molecule has 1 aliphatic heterocycles. The summed E-state index contributed by atoms with van der Waals surface area (Å²) < 4.78 is 0. The molecule has 2 aromatic rings. The van der Waals surface area contributed by atoms with Crippen molar-refractivity contribution in [3.05, 3.63) is 71.3 Å². The molecule has 4 rings (SSSR count). The van der Waals surface area contributed by atoms with Crippen molar-refractivity contribution in [1.82, 2.24) is 10.2 Å². The highest BCUT2D eigenvalue weighted by Gasteiger charge is 2.53. The highest BCUT2D eigenvalue weighted by atomic mass is 16.2. The number of nitrogens with one attached hydrogen (secondary N) is 1. The van der Waals surface area contributed by atoms with E-state index in [-0.39, 0.29) is 23.8 Å². The van der Waals surface area contributed by atoms with Crippen LogP contribution in [0, 0.1) is 5.92 Å². The minimum atomic E-state index is -0.545. The monoisotopic (exact) mass is 376 g/mol. The van der Waals surface area contributed by atoms with Crippen molar-refractivity contribution >= 4 is 11.8 Å². The second-order valence-corrected chi connectivity index (χ2v) is 8.28. The van der Waals surface area contributed by atoms with E-state index in [1.54, 1.807) is 0 Å². The fourth-order valence-corrected chi connectivity index (χ4v) is 4.54. The molecular weight excluding hydrogens is 348 g/mol. The lowest BCUT2D eigenvalue weighted by Crippen LogP contribution is -2.61. The summed E-state index contributed by atoms with van der Waals surface area (Å²) in [5, 5.41) is 3.05. The van der Waals surface area contributed by atoms with Gasteiger partial charge >= 0.3 is 0 Å². The number of likely N-dealkylation sites (tertiary alicyclic amines) is 1. The molecule has 3 atom stereocenters. The van der Waals surface area contributed by atoms with Crippen molar-refractivity contribution in [2.24, 2.45) is 5.92 Å². The van der Waals surface area contributed by atoms with E-state index in [2.05, 4.69) is 31.3 Å². The maximum Gasteiger partial charge on any atom is 0.247 e. The van der Waals surface area contributed by atoms with Crippen LogP contribution < -0.4 is 5.32 Å². The fraction of sp³-hybridized carbons (Fsp3) is 0.417. The van der Waals surface area contributed by atoms with E-state index in [4.69, 9.17) is 0 Å². The molecule has 1 aliphatic carbocycles. The smallest absolute Gasteiger partial charge is 0.247 e. The maximum atomic E-state index is 13.2. The summed E-state index contributed by atoms with van der Waals surface area (Å²) in [5.41, 5.74) is 3.19. The van der Waals surface area contributed by atoms with Crippen molar-refractivity contribution in [2.45, 2.75) is 57.7 Å². The molecule has 1 heterocycles. The topological polar surface area (TPSA) is 49.4 Å². The SMILES string of the molecule is CC(C)c1ccc(C(C(=O)NCc2ccccc2)N2C(=O)[C@@H]3CCC[C@@H]32)cc1. The number of amides is 2. The summed E-state index contributed by atoms with van der Waals surface area (Å²) in [6.07, 6.45) is 3.04. The van der Waals surface area contributed by atoms with Crippen molar-refractivity contribution in [3.63, 3.8) is 0 Å². The van der Waals surface area contributed by atoms with Gasteiger partial charge in [-0.1, -0.05) is 74.9 Å². The maximum absolute atomic E-state index is 13.2. The molecule has 0 aromatic heterocycles. The van der Waals surface area contributed by atoms with Crippen LogP contribution in [0.5, 0.6) is 0 Å². The third kappa shape index (κ3) is 3.44. The normalized spacial score (nSPS) is 22.0. The zero-order valence-corrected chi connectivity index (χ0v) is 16.6. The molecule has 4 nitrogen and oxygen atoms in total. The number of nitrogens with zero attached hydrogens (tertiary/aromatic N) is 1. The van der Waals surface area contributed by atoms with Gasteiger partial charge in [0.2, 0.25) is 11.8 Å². The second-order valence-electron chi connectivity index (χ2n) is 8.28. The second kappa shape index (κ2) is 7.78. The quantitative estimate of drug-likeness (QED) is 0.769. The number of hydrogen-bond donors (Lipinski definition) is 1. The van der Waals surface area contributed by atoms with Gasteiger partial charge in [0.1, 0.15) is 6.04 Å². The fourth-order valence-electron chi connectivity index (χ4n) is 4.54. The molecule has 4 heteroatoms. The summed E-state index contributed by atoms with van der Waals surface area (Å²) in [4.78, 5) is 27.8. The molecule has 146 valence electrons. The van der Waals surface area contributed by atoms with E-state index < -0.39 is 6.04 Å². The average Bonchev–Trinajstić information content (AvgIpc) is 3.15. The predicted molar refractivity (Wildman–Crippen MR) is 110 cm³/mol. The summed E-state index contributed by atoms with van der Waals surface area (Å²) in [6.45, 7) is 4.78. The van der Waals surface area contributed by atoms with E-state index in [9.17, 15) is 9.59 Å². The van der Waals surface area contributed by atoms with Gasteiger partial charge in [-0.3, -0.25) is 9.59 Å². The summed E-state index contributed by atoms with van der Waals surface area (Å²) in [6, 6.07) is 17.7. The van der Waals surface area contributed by atoms with Gasteiger partial charge in [-0.05, 0) is 35.4 Å². The van der Waals surface area contributed by atoms with E-state index in [1.807, 2.05) is 47.4 Å². The van der Waals surface area contributed by atoms with Crippen LogP contribution in [0.15, 0.2) is 54.6 Å². The molecule has 2 aliphatic rings. The Morgan fingerprint density at radius 3 is 2.39 bits per heavy atom. The summed E-state index contributed by atoms with van der Waals surface area (Å²) in [7, 11) is 0. The number of fused-ring (bicyclic) bond motifs is 1. The van der Waals surface area contributed by atoms with Gasteiger partial charge < -0.3 is 10.2 Å². The molecule has 1 saturated carbocycles. The number of β-lactam (4-membered cyclic amide) rings is 1. The van der Waals surface area contributed by atoms with Crippen LogP contribution in [0.4, 0.5) is 0 Å². The Labute approximate surface area is 166 Å². The molecule has 1 unspecified atom stereocenters. The van der Waals surface area contributed by atoms with Crippen molar-refractivity contribution in [1.29, 1.82) is 0 Å². The zero-order valence-electron chi connectivity index (χ0n) is 16.6. The standard InChI is InChI=1S/C24H28N2O2/c1-16(2)18-11-13-19(14-12-18)22(26-21-10-6-9-20(21)24(26)28)23(27)25-15-17-7-4-3-5-8-17/h3-5,7-8,11-14,16,20-22H,6,9-10,15H2,1-2H3,(H,25,27)/t20-,21+,22?/m1/s1. The minimum absolute atomic E-state index is 0.0974. The molecule has 1 saturated heterocycles. The molecule has 0 bridgehead atoms. The lowest BCUT2D eigenvalue weighted by Gasteiger charge is -2.47. The van der Waals surface area contributed by atoms with Crippen LogP contribution in [-0.4, -0.2) is 22.8 Å². The average molecular weight is 377 g/mol. The first-order chi connectivity index (χ1) is 13.6. The molecular formula is C24H28N2O2. The van der Waals surface area contributed by atoms with Crippen LogP contribution in [-0.2, 0) is 16.1 Å². The van der Waals surface area contributed by atoms with Gasteiger partial charge in [-0.15, -0.1) is 0 Å². The van der Waals surface area contributed by atoms with Crippen LogP contribution in [0.3, 0.4) is 0 Å². The molecule has 0 radical (unpaired) electrons. The Hall–Kier alpha value is -2.62. The molecule has 2 fully saturated rings. The summed E-state index contributed by atoms with van der Waals surface area (Å²) >= 11 is 0. The predicted octanol–water partition coefficient (Wildman–Crippen LogP) is 4.18. The number of benzene rings is 2. The zero-order chi connectivity index (χ0) is 19.7. The van der Waals surface area contributed by atoms with Gasteiger partial charge in [0.05, 0.1) is 5.92 Å². The van der Waals surface area contributed by atoms with Crippen LogP contribution in [0.1, 0.15) is 61.8 Å². The number of carbonyl (C=O) groups is 2. The number of hydrogen-bond acceptors (Lipinski definition) is 2. The number of carbonyl (C=O) groups excluding carboxylic acids is 2. The van der Waals surface area contributed by atoms with Crippen molar-refractivity contribution in [2.75, 3.05) is 0 Å². The molecule has 2 amide bonds. The van der Waals surface area contributed by atoms with Gasteiger partial charge in [0.25, 0.3) is 0 Å². The third-order valence-corrected chi connectivity index (χ3v) is 6.16. The Morgan fingerprint density at radius 1 is 1.04 bits per heavy atom. The minimum Gasteiger partial charge on any atom is -0.350 e. The molecule has 28 heavy (non-hydrogen) atoms. The largest absolute Gasteiger partial charge is 0.350 e. The van der Waals surface area contributed by atoms with Crippen molar-refractivity contribution in [3.8, 4) is 0 Å². The highest BCUT2D eigenvalue weighted by Crippen LogP contribution is 2.45. The van der Waals surface area contributed by atoms with Gasteiger partial charge in [-0.25, -0.2) is 0 Å². The first-order valence-corrected chi connectivity index (χ1v) is 10.3. The molecule has 2 aromatic carbocycles. The number of rotatable bonds is 6. The van der Waals surface area contributed by atoms with Gasteiger partial charge in [0, 0.05) is 12.6 Å². The van der Waals surface area contributed by atoms with Crippen LogP contribution in [0.25, 0.3) is 0 Å². The Balaban J connectivity index is 1.58. The third-order valence-electron chi connectivity index (χ3n) is 6.16. The van der Waals surface area contributed by atoms with E-state index in [0.29, 0.717) is 12.5 Å². The van der Waals surface area contributed by atoms with Crippen LogP contribution in [0.2, 0.25) is 0 Å². The van der Waals surface area contributed by atoms with Gasteiger partial charge in [-0.2, -0.15) is 0 Å². The van der Waals surface area contributed by atoms with Crippen molar-refractivity contribution < 1.29 is 9.59 Å². The summed E-state index contributed by atoms with van der Waals surface area (Å²) in [5.74, 6) is 0.596. The Morgan fingerprint density at radius 2 is 1.71 bits per heavy atom. The first-order valence-electron chi connectivity index (χ1n) is 10.3. The van der Waals surface area contributed by atoms with Gasteiger partial charge in [0.15, 0.2) is 0 Å². The Kier molecular flexibility index (Phi) is 5.21. The van der Waals surface area contributed by atoms with Crippen LogP contribution >= 0.6 is 0 Å². The molecule has 1 N–H and O–H groups in total. The Bertz CT molecular complexity index is 845. The first kappa shape index (κ1) is 18.7. The van der Waals surface area contributed by atoms with E-state index in [1.165, 1.54) is 5.56 Å². The highest BCUT2D eigenvalue weighted by molar-refractivity contribution is 5.93. The lowest BCUT2D eigenvalue weighted by atomic mass is 9.86. The van der Waals surface area contributed by atoms with E-state index in [0.717, 1.165) is 30.4 Å². The lowest BCUT2D eigenvalue weighted by molar-refractivity contribution is -0.162. The molecule has 0 spiro atoms.